The van der Waals surface area contributed by atoms with Crippen LogP contribution in [0.5, 0.6) is 0 Å². The number of nitrogens with two attached hydrogens (primary N) is 1. The summed E-state index contributed by atoms with van der Waals surface area (Å²) in [6.45, 7) is 0.814. The van der Waals surface area contributed by atoms with Crippen LogP contribution in [0.2, 0.25) is 0 Å². The molecule has 2 saturated carbocycles. The highest BCUT2D eigenvalue weighted by Gasteiger charge is 2.39. The molecular weight excluding hydrogens is 176 g/mol. The van der Waals surface area contributed by atoms with E-state index in [9.17, 15) is 4.79 Å². The molecule has 0 spiro atoms. The minimum absolute atomic E-state index is 0.0690. The summed E-state index contributed by atoms with van der Waals surface area (Å²) in [6.07, 6.45) is 8.02. The van der Waals surface area contributed by atoms with E-state index in [1.165, 1.54) is 19.3 Å². The van der Waals surface area contributed by atoms with Crippen molar-refractivity contribution >= 4 is 5.91 Å². The molecular formula is C11H20N2O. The molecule has 3 nitrogen and oxygen atoms in total. The van der Waals surface area contributed by atoms with Gasteiger partial charge in [0.2, 0.25) is 5.91 Å². The van der Waals surface area contributed by atoms with E-state index in [2.05, 4.69) is 5.32 Å². The van der Waals surface area contributed by atoms with E-state index in [0.717, 1.165) is 38.1 Å². The Morgan fingerprint density at radius 1 is 1.43 bits per heavy atom. The van der Waals surface area contributed by atoms with Gasteiger partial charge in [0.25, 0.3) is 0 Å². The summed E-state index contributed by atoms with van der Waals surface area (Å²) in [5, 5.41) is 2.94. The third-order valence-corrected chi connectivity index (χ3v) is 3.47. The van der Waals surface area contributed by atoms with Gasteiger partial charge >= 0.3 is 0 Å². The molecule has 3 N–H and O–H groups in total. The van der Waals surface area contributed by atoms with E-state index in [4.69, 9.17) is 5.73 Å². The Bertz CT molecular complexity index is 219. The van der Waals surface area contributed by atoms with E-state index < -0.39 is 5.54 Å². The fraction of sp³-hybridized carbons (Fsp3) is 0.909. The number of rotatable bonds is 5. The average molecular weight is 196 g/mol. The van der Waals surface area contributed by atoms with E-state index in [1.54, 1.807) is 0 Å². The molecule has 0 aliphatic heterocycles. The van der Waals surface area contributed by atoms with E-state index in [1.807, 2.05) is 0 Å². The Hall–Kier alpha value is -0.570. The first kappa shape index (κ1) is 9.97. The monoisotopic (exact) mass is 196 g/mol. The van der Waals surface area contributed by atoms with Gasteiger partial charge in [-0.05, 0) is 38.0 Å². The second kappa shape index (κ2) is 3.89. The summed E-state index contributed by atoms with van der Waals surface area (Å²) in [7, 11) is 0. The first-order valence-electron chi connectivity index (χ1n) is 5.78. The van der Waals surface area contributed by atoms with Gasteiger partial charge in [-0.25, -0.2) is 0 Å². The van der Waals surface area contributed by atoms with E-state index in [-0.39, 0.29) is 5.91 Å². The van der Waals surface area contributed by atoms with Crippen molar-refractivity contribution in [3.05, 3.63) is 0 Å². The highest BCUT2D eigenvalue weighted by Crippen LogP contribution is 2.33. The van der Waals surface area contributed by atoms with Crippen molar-refractivity contribution < 1.29 is 4.79 Å². The van der Waals surface area contributed by atoms with Gasteiger partial charge in [-0.15, -0.1) is 0 Å². The molecule has 80 valence electrons. The van der Waals surface area contributed by atoms with Crippen molar-refractivity contribution in [1.82, 2.24) is 5.32 Å². The first-order chi connectivity index (χ1) is 6.71. The van der Waals surface area contributed by atoms with Crippen LogP contribution < -0.4 is 11.1 Å². The summed E-state index contributed by atoms with van der Waals surface area (Å²) in [5.41, 5.74) is 5.37. The topological polar surface area (TPSA) is 55.1 Å². The van der Waals surface area contributed by atoms with Gasteiger partial charge in [-0.2, -0.15) is 0 Å². The largest absolute Gasteiger partial charge is 0.355 e. The maximum absolute atomic E-state index is 11.6. The summed E-state index contributed by atoms with van der Waals surface area (Å²) < 4.78 is 0. The van der Waals surface area contributed by atoms with E-state index >= 15 is 0 Å². The molecule has 0 atom stereocenters. The van der Waals surface area contributed by atoms with E-state index in [0.29, 0.717) is 0 Å². The standard InChI is InChI=1S/C11H20N2O/c12-11(6-2-7-11)10(14)13-8-1-3-9-4-5-9/h9H,1-8,12H2,(H,13,14). The van der Waals surface area contributed by atoms with Gasteiger partial charge < -0.3 is 11.1 Å². The SMILES string of the molecule is NC1(C(=O)NCCCC2CC2)CCC1. The fourth-order valence-electron chi connectivity index (χ4n) is 1.96. The van der Waals surface area contributed by atoms with Gasteiger partial charge in [0.1, 0.15) is 0 Å². The lowest BCUT2D eigenvalue weighted by atomic mass is 9.77. The summed E-state index contributed by atoms with van der Waals surface area (Å²) in [5.74, 6) is 1.03. The van der Waals surface area contributed by atoms with Gasteiger partial charge in [0, 0.05) is 6.54 Å². The molecule has 2 fully saturated rings. The molecule has 0 bridgehead atoms. The number of nitrogens with one attached hydrogen (secondary N) is 1. The molecule has 2 aliphatic carbocycles. The molecule has 0 aromatic heterocycles. The zero-order valence-corrected chi connectivity index (χ0v) is 8.72. The lowest BCUT2D eigenvalue weighted by Crippen LogP contribution is -2.58. The molecule has 0 radical (unpaired) electrons. The maximum Gasteiger partial charge on any atom is 0.240 e. The molecule has 0 aromatic rings. The van der Waals surface area contributed by atoms with Crippen LogP contribution in [0.15, 0.2) is 0 Å². The Balaban J connectivity index is 1.57. The highest BCUT2D eigenvalue weighted by molar-refractivity contribution is 5.86. The van der Waals surface area contributed by atoms with Crippen LogP contribution in [-0.2, 0) is 4.79 Å². The molecule has 1 amide bonds. The fourth-order valence-corrected chi connectivity index (χ4v) is 1.96. The van der Waals surface area contributed by atoms with Crippen LogP contribution in [0.4, 0.5) is 0 Å². The Kier molecular flexibility index (Phi) is 2.77. The zero-order valence-electron chi connectivity index (χ0n) is 8.72. The Labute approximate surface area is 85.4 Å². The third-order valence-electron chi connectivity index (χ3n) is 3.47. The second-order valence-electron chi connectivity index (χ2n) is 4.85. The predicted molar refractivity (Wildman–Crippen MR) is 55.7 cm³/mol. The predicted octanol–water partition coefficient (Wildman–Crippen LogP) is 1.17. The van der Waals surface area contributed by atoms with Crippen molar-refractivity contribution in [3.63, 3.8) is 0 Å². The Morgan fingerprint density at radius 3 is 2.64 bits per heavy atom. The third kappa shape index (κ3) is 2.27. The van der Waals surface area contributed by atoms with Crippen molar-refractivity contribution in [1.29, 1.82) is 0 Å². The van der Waals surface area contributed by atoms with Crippen molar-refractivity contribution in [3.8, 4) is 0 Å². The minimum atomic E-state index is -0.514. The van der Waals surface area contributed by atoms with Gasteiger partial charge in [-0.3, -0.25) is 4.79 Å². The van der Waals surface area contributed by atoms with Crippen LogP contribution in [0, 0.1) is 5.92 Å². The molecule has 14 heavy (non-hydrogen) atoms. The highest BCUT2D eigenvalue weighted by atomic mass is 16.2. The van der Waals surface area contributed by atoms with Crippen molar-refractivity contribution in [2.75, 3.05) is 6.54 Å². The lowest BCUT2D eigenvalue weighted by molar-refractivity contribution is -0.129. The van der Waals surface area contributed by atoms with Gasteiger partial charge in [0.05, 0.1) is 5.54 Å². The molecule has 0 heterocycles. The molecule has 0 aromatic carbocycles. The minimum Gasteiger partial charge on any atom is -0.355 e. The second-order valence-corrected chi connectivity index (χ2v) is 4.85. The zero-order chi connectivity index (χ0) is 10.0. The number of hydrogen-bond acceptors (Lipinski definition) is 2. The molecule has 3 heteroatoms. The first-order valence-corrected chi connectivity index (χ1v) is 5.78. The number of carbonyl (C=O) groups excluding carboxylic acids is 1. The van der Waals surface area contributed by atoms with Crippen molar-refractivity contribution in [2.24, 2.45) is 11.7 Å². The summed E-state index contributed by atoms with van der Waals surface area (Å²) in [6, 6.07) is 0. The summed E-state index contributed by atoms with van der Waals surface area (Å²) >= 11 is 0. The molecule has 2 aliphatic rings. The van der Waals surface area contributed by atoms with Crippen LogP contribution in [0.3, 0.4) is 0 Å². The van der Waals surface area contributed by atoms with Gasteiger partial charge in [-0.1, -0.05) is 12.8 Å². The van der Waals surface area contributed by atoms with Crippen molar-refractivity contribution in [2.45, 2.75) is 50.5 Å². The molecule has 0 saturated heterocycles. The maximum atomic E-state index is 11.6. The summed E-state index contributed by atoms with van der Waals surface area (Å²) in [4.78, 5) is 11.6. The quantitative estimate of drug-likeness (QED) is 0.649. The van der Waals surface area contributed by atoms with Crippen LogP contribution in [0.1, 0.15) is 44.9 Å². The smallest absolute Gasteiger partial charge is 0.240 e. The molecule has 0 unspecified atom stereocenters. The number of carbonyl (C=O) groups is 1. The lowest BCUT2D eigenvalue weighted by Gasteiger charge is -2.36. The average Bonchev–Trinajstić information content (AvgIpc) is 2.91. The van der Waals surface area contributed by atoms with Crippen LogP contribution in [-0.4, -0.2) is 18.0 Å². The normalized spacial score (nSPS) is 24.1. The van der Waals surface area contributed by atoms with Gasteiger partial charge in [0.15, 0.2) is 0 Å². The Morgan fingerprint density at radius 2 is 2.14 bits per heavy atom. The molecule has 2 rings (SSSR count). The van der Waals surface area contributed by atoms with Crippen LogP contribution >= 0.6 is 0 Å². The number of amides is 1. The number of hydrogen-bond donors (Lipinski definition) is 2. The van der Waals surface area contributed by atoms with Crippen LogP contribution in [0.25, 0.3) is 0 Å².